The Morgan fingerprint density at radius 1 is 1.11 bits per heavy atom. The number of aromatic amines is 1. The van der Waals surface area contributed by atoms with Crippen molar-refractivity contribution in [2.75, 3.05) is 39.5 Å². The van der Waals surface area contributed by atoms with E-state index in [2.05, 4.69) is 4.98 Å². The minimum Gasteiger partial charge on any atom is -0.492 e. The van der Waals surface area contributed by atoms with Gasteiger partial charge in [0, 0.05) is 72.4 Å². The van der Waals surface area contributed by atoms with Crippen molar-refractivity contribution in [1.82, 2.24) is 14.8 Å². The number of nitrogens with one attached hydrogen (secondary N) is 1. The van der Waals surface area contributed by atoms with Gasteiger partial charge in [0.2, 0.25) is 0 Å². The van der Waals surface area contributed by atoms with Crippen molar-refractivity contribution in [3.8, 4) is 5.75 Å². The number of alkyl halides is 2. The van der Waals surface area contributed by atoms with E-state index in [-0.39, 0.29) is 43.1 Å². The van der Waals surface area contributed by atoms with Gasteiger partial charge in [-0.05, 0) is 38.8 Å². The van der Waals surface area contributed by atoms with Crippen LogP contribution in [0.3, 0.4) is 0 Å². The van der Waals surface area contributed by atoms with Crippen LogP contribution in [0.25, 0.3) is 10.9 Å². The maximum atomic E-state index is 15.6. The van der Waals surface area contributed by atoms with E-state index in [1.807, 2.05) is 41.0 Å². The van der Waals surface area contributed by atoms with E-state index in [1.54, 1.807) is 0 Å². The second kappa shape index (κ2) is 9.71. The maximum Gasteiger partial charge on any atom is 0.135 e. The van der Waals surface area contributed by atoms with Gasteiger partial charge in [0.15, 0.2) is 0 Å². The normalized spacial score (nSPS) is 21.5. The molecule has 0 radical (unpaired) electrons. The van der Waals surface area contributed by atoms with Crippen LogP contribution in [0.5, 0.6) is 5.75 Å². The monoisotopic (exact) mass is 503 g/mol. The lowest BCUT2D eigenvalue weighted by Crippen LogP contribution is -2.49. The minimum atomic E-state index is -1.55. The van der Waals surface area contributed by atoms with Gasteiger partial charge in [-0.1, -0.05) is 18.2 Å². The van der Waals surface area contributed by atoms with Crippen LogP contribution in [-0.2, 0) is 6.42 Å². The lowest BCUT2D eigenvalue weighted by Gasteiger charge is -2.43. The number of para-hydroxylation sites is 1. The molecule has 0 amide bonds. The first kappa shape index (κ1) is 25.1. The molecule has 5 rings (SSSR count). The van der Waals surface area contributed by atoms with E-state index in [9.17, 15) is 8.78 Å². The van der Waals surface area contributed by atoms with Crippen molar-refractivity contribution < 1.29 is 22.3 Å². The summed E-state index contributed by atoms with van der Waals surface area (Å²) in [5.41, 5.74) is 0.938. The Bertz CT molecular complexity index is 1210. The molecule has 0 spiro atoms. The first-order chi connectivity index (χ1) is 17.1. The molecule has 0 aliphatic carbocycles. The highest BCUT2D eigenvalue weighted by molar-refractivity contribution is 5.85. The molecule has 194 valence electrons. The number of aromatic nitrogens is 1. The summed E-state index contributed by atoms with van der Waals surface area (Å²) in [6, 6.07) is 9.28. The Morgan fingerprint density at radius 2 is 1.81 bits per heavy atom. The van der Waals surface area contributed by atoms with Crippen LogP contribution in [0.4, 0.5) is 17.6 Å². The Balaban J connectivity index is 1.47. The first-order valence-corrected chi connectivity index (χ1v) is 12.6. The van der Waals surface area contributed by atoms with E-state index in [1.165, 1.54) is 26.0 Å². The summed E-state index contributed by atoms with van der Waals surface area (Å²) in [4.78, 5) is 7.27. The third-order valence-electron chi connectivity index (χ3n) is 7.33. The Kier molecular flexibility index (Phi) is 6.76. The Labute approximate surface area is 209 Å². The number of benzene rings is 2. The van der Waals surface area contributed by atoms with Gasteiger partial charge < -0.3 is 9.72 Å². The molecule has 2 atom stereocenters. The van der Waals surface area contributed by atoms with Gasteiger partial charge in [0.05, 0.1) is 12.7 Å². The van der Waals surface area contributed by atoms with Gasteiger partial charge in [-0.2, -0.15) is 0 Å². The number of halogens is 4. The highest BCUT2D eigenvalue weighted by Gasteiger charge is 2.41. The number of nitrogens with zero attached hydrogens (tertiary/aromatic N) is 2. The summed E-state index contributed by atoms with van der Waals surface area (Å²) < 4.78 is 64.4. The molecule has 0 bridgehead atoms. The fraction of sp³-hybridized carbons (Fsp3) is 0.500. The van der Waals surface area contributed by atoms with Gasteiger partial charge in [-0.15, -0.1) is 0 Å². The average molecular weight is 504 g/mol. The van der Waals surface area contributed by atoms with Crippen LogP contribution in [0, 0.1) is 17.6 Å². The number of ether oxygens (including phenoxy) is 1. The van der Waals surface area contributed by atoms with Crippen LogP contribution < -0.4 is 4.74 Å². The number of hydrogen-bond acceptors (Lipinski definition) is 3. The summed E-state index contributed by atoms with van der Waals surface area (Å²) in [5, 5.41) is 1.02. The second-order valence-corrected chi connectivity index (χ2v) is 10.8. The molecule has 2 aromatic carbocycles. The number of rotatable bonds is 8. The maximum absolute atomic E-state index is 15.6. The summed E-state index contributed by atoms with van der Waals surface area (Å²) in [7, 11) is 0. The smallest absolute Gasteiger partial charge is 0.135 e. The molecule has 36 heavy (non-hydrogen) atoms. The second-order valence-electron chi connectivity index (χ2n) is 10.8. The molecule has 3 aromatic rings. The van der Waals surface area contributed by atoms with E-state index in [0.717, 1.165) is 16.5 Å². The molecule has 2 aliphatic rings. The number of fused-ring (bicyclic) bond motifs is 3. The highest BCUT2D eigenvalue weighted by atomic mass is 19.1. The fourth-order valence-corrected chi connectivity index (χ4v) is 5.65. The third kappa shape index (κ3) is 4.85. The topological polar surface area (TPSA) is 31.5 Å². The molecule has 8 heteroatoms. The van der Waals surface area contributed by atoms with E-state index >= 15 is 8.78 Å². The first-order valence-electron chi connectivity index (χ1n) is 12.6. The Morgan fingerprint density at radius 3 is 2.47 bits per heavy atom. The van der Waals surface area contributed by atoms with Crippen molar-refractivity contribution in [2.24, 2.45) is 5.92 Å². The molecule has 1 saturated heterocycles. The lowest BCUT2D eigenvalue weighted by molar-refractivity contribution is 0.0637. The zero-order valence-corrected chi connectivity index (χ0v) is 21.0. The summed E-state index contributed by atoms with van der Waals surface area (Å²) >= 11 is 0. The summed E-state index contributed by atoms with van der Waals surface area (Å²) in [5.74, 6) is -1.27. The van der Waals surface area contributed by atoms with Crippen molar-refractivity contribution in [3.05, 3.63) is 64.9 Å². The van der Waals surface area contributed by atoms with Crippen LogP contribution in [0.2, 0.25) is 0 Å². The van der Waals surface area contributed by atoms with Gasteiger partial charge >= 0.3 is 0 Å². The molecule has 0 saturated carbocycles. The quantitative estimate of drug-likeness (QED) is 0.394. The molecular weight excluding hydrogens is 470 g/mol. The van der Waals surface area contributed by atoms with Gasteiger partial charge in [-0.3, -0.25) is 14.2 Å². The Hall–Kier alpha value is -2.58. The minimum absolute atomic E-state index is 0.0283. The van der Waals surface area contributed by atoms with E-state index in [0.29, 0.717) is 31.7 Å². The largest absolute Gasteiger partial charge is 0.492 e. The molecule has 1 fully saturated rings. The van der Waals surface area contributed by atoms with Gasteiger partial charge in [0.1, 0.15) is 29.7 Å². The molecular formula is C28H33F4N3O. The third-order valence-corrected chi connectivity index (χ3v) is 7.33. The van der Waals surface area contributed by atoms with Crippen LogP contribution in [-0.4, -0.2) is 66.0 Å². The molecule has 1 aromatic heterocycles. The number of hydrogen-bond donors (Lipinski definition) is 1. The molecule has 3 heterocycles. The van der Waals surface area contributed by atoms with Crippen molar-refractivity contribution >= 4 is 10.9 Å². The zero-order chi connectivity index (χ0) is 25.6. The fourth-order valence-electron chi connectivity index (χ4n) is 5.65. The standard InChI is InChI=1S/C28H33F4N3O/c1-17-10-21-20-6-4-5-7-24(20)33-26(21)27(35(17)16-28(2,3)32)25-22(30)11-19(12-23(25)31)36-9-8-34-14-18(13-29)15-34/h4-7,11-12,17-18,27,33H,8-10,13-16H2,1-3H3/t17-,27+/m1/s1. The highest BCUT2D eigenvalue weighted by Crippen LogP contribution is 2.43. The van der Waals surface area contributed by atoms with Crippen molar-refractivity contribution in [2.45, 2.75) is 44.9 Å². The van der Waals surface area contributed by atoms with Gasteiger partial charge in [0.25, 0.3) is 0 Å². The summed E-state index contributed by atoms with van der Waals surface area (Å²) in [6.45, 7) is 6.81. The van der Waals surface area contributed by atoms with Crippen molar-refractivity contribution in [1.29, 1.82) is 0 Å². The predicted octanol–water partition coefficient (Wildman–Crippen LogP) is 5.81. The van der Waals surface area contributed by atoms with Gasteiger partial charge in [-0.25, -0.2) is 13.2 Å². The molecule has 0 unspecified atom stereocenters. The predicted molar refractivity (Wildman–Crippen MR) is 133 cm³/mol. The van der Waals surface area contributed by atoms with Crippen LogP contribution in [0.1, 0.15) is 43.6 Å². The average Bonchev–Trinajstić information content (AvgIpc) is 3.14. The van der Waals surface area contributed by atoms with Crippen LogP contribution >= 0.6 is 0 Å². The van der Waals surface area contributed by atoms with Crippen molar-refractivity contribution in [3.63, 3.8) is 0 Å². The van der Waals surface area contributed by atoms with E-state index in [4.69, 9.17) is 4.74 Å². The molecule has 4 nitrogen and oxygen atoms in total. The van der Waals surface area contributed by atoms with Crippen LogP contribution in [0.15, 0.2) is 36.4 Å². The zero-order valence-electron chi connectivity index (χ0n) is 21.0. The molecule has 1 N–H and O–H groups in total. The van der Waals surface area contributed by atoms with E-state index < -0.39 is 23.3 Å². The number of likely N-dealkylation sites (tertiary alicyclic amines) is 1. The molecule has 2 aliphatic heterocycles. The number of H-pyrrole nitrogens is 1. The lowest BCUT2D eigenvalue weighted by atomic mass is 9.87. The summed E-state index contributed by atoms with van der Waals surface area (Å²) in [6.07, 6.45) is 0.649. The SMILES string of the molecule is C[C@@H]1Cc2c([nH]c3ccccc23)[C@H](c2c(F)cc(OCCN3CC(CF)C3)cc2F)N1CC(C)(C)F.